The Labute approximate surface area is 202 Å². The van der Waals surface area contributed by atoms with Crippen LogP contribution in [0.4, 0.5) is 15.8 Å². The Morgan fingerprint density at radius 1 is 0.971 bits per heavy atom. The highest BCUT2D eigenvalue weighted by Gasteiger charge is 2.15. The van der Waals surface area contributed by atoms with E-state index in [0.717, 1.165) is 33.9 Å². The molecule has 1 amide bonds. The van der Waals surface area contributed by atoms with Crippen molar-refractivity contribution in [1.29, 1.82) is 0 Å². The summed E-state index contributed by atoms with van der Waals surface area (Å²) in [6.07, 6.45) is 0. The van der Waals surface area contributed by atoms with E-state index >= 15 is 0 Å². The second-order valence-corrected chi connectivity index (χ2v) is 8.86. The number of aryl methyl sites for hydroxylation is 1. The van der Waals surface area contributed by atoms with Crippen LogP contribution in [0.5, 0.6) is 0 Å². The molecule has 3 aromatic carbocycles. The van der Waals surface area contributed by atoms with Crippen molar-refractivity contribution in [3.63, 3.8) is 0 Å². The first-order chi connectivity index (χ1) is 16.5. The van der Waals surface area contributed by atoms with Crippen LogP contribution in [0.3, 0.4) is 0 Å². The van der Waals surface area contributed by atoms with Crippen LogP contribution < -0.4 is 10.6 Å². The molecule has 0 atom stereocenters. The number of anilines is 2. The van der Waals surface area contributed by atoms with Gasteiger partial charge in [-0.15, -0.1) is 10.2 Å². The van der Waals surface area contributed by atoms with Gasteiger partial charge >= 0.3 is 0 Å². The lowest BCUT2D eigenvalue weighted by Crippen LogP contribution is -2.16. The highest BCUT2D eigenvalue weighted by atomic mass is 32.2. The smallest absolute Gasteiger partial charge is 0.234 e. The molecule has 4 rings (SSSR count). The van der Waals surface area contributed by atoms with Gasteiger partial charge in [-0.05, 0) is 60.9 Å². The average molecular weight is 476 g/mol. The third-order valence-electron chi connectivity index (χ3n) is 5.48. The van der Waals surface area contributed by atoms with Gasteiger partial charge in [-0.25, -0.2) is 4.39 Å². The second-order valence-electron chi connectivity index (χ2n) is 7.92. The molecule has 8 heteroatoms. The minimum Gasteiger partial charge on any atom is -0.378 e. The molecule has 6 nitrogen and oxygen atoms in total. The first kappa shape index (κ1) is 23.5. The predicted molar refractivity (Wildman–Crippen MR) is 135 cm³/mol. The largest absolute Gasteiger partial charge is 0.378 e. The summed E-state index contributed by atoms with van der Waals surface area (Å²) >= 11 is 1.35. The molecule has 0 aliphatic rings. The third-order valence-corrected chi connectivity index (χ3v) is 6.45. The second kappa shape index (κ2) is 11.0. The van der Waals surface area contributed by atoms with Crippen LogP contribution in [0, 0.1) is 19.7 Å². The number of nitrogens with zero attached hydrogens (tertiary/aromatic N) is 3. The summed E-state index contributed by atoms with van der Waals surface area (Å²) in [5.41, 5.74) is 4.90. The van der Waals surface area contributed by atoms with Crippen LogP contribution in [-0.4, -0.2) is 26.4 Å². The minimum atomic E-state index is -0.282. The Bertz CT molecular complexity index is 1260. The van der Waals surface area contributed by atoms with Gasteiger partial charge < -0.3 is 15.2 Å². The summed E-state index contributed by atoms with van der Waals surface area (Å²) in [4.78, 5) is 12.6. The number of benzene rings is 3. The monoisotopic (exact) mass is 475 g/mol. The Balaban J connectivity index is 1.47. The topological polar surface area (TPSA) is 71.8 Å². The van der Waals surface area contributed by atoms with Gasteiger partial charge in [0.25, 0.3) is 0 Å². The maximum absolute atomic E-state index is 13.2. The van der Waals surface area contributed by atoms with Crippen molar-refractivity contribution in [1.82, 2.24) is 14.8 Å². The zero-order valence-corrected chi connectivity index (χ0v) is 19.9. The quantitative estimate of drug-likeness (QED) is 0.316. The van der Waals surface area contributed by atoms with Crippen LogP contribution >= 0.6 is 11.8 Å². The number of aromatic nitrogens is 3. The van der Waals surface area contributed by atoms with Crippen LogP contribution in [0.15, 0.2) is 78.0 Å². The first-order valence-electron chi connectivity index (χ1n) is 10.9. The molecule has 0 saturated heterocycles. The van der Waals surface area contributed by atoms with Crippen LogP contribution in [0.25, 0.3) is 0 Å². The summed E-state index contributed by atoms with van der Waals surface area (Å²) in [6, 6.07) is 22.1. The summed E-state index contributed by atoms with van der Waals surface area (Å²) in [6.45, 7) is 5.01. The van der Waals surface area contributed by atoms with Crippen molar-refractivity contribution < 1.29 is 9.18 Å². The normalized spacial score (nSPS) is 10.8. The van der Waals surface area contributed by atoms with E-state index in [1.807, 2.05) is 66.9 Å². The van der Waals surface area contributed by atoms with E-state index < -0.39 is 0 Å². The fraction of sp³-hybridized carbons (Fsp3) is 0.192. The van der Waals surface area contributed by atoms with Gasteiger partial charge in [0.05, 0.1) is 18.8 Å². The zero-order chi connectivity index (χ0) is 23.9. The molecule has 0 aliphatic heterocycles. The van der Waals surface area contributed by atoms with Crippen LogP contribution in [0.2, 0.25) is 0 Å². The number of hydrogen-bond acceptors (Lipinski definition) is 5. The zero-order valence-electron chi connectivity index (χ0n) is 19.1. The van der Waals surface area contributed by atoms with Crippen molar-refractivity contribution in [2.24, 2.45) is 0 Å². The maximum Gasteiger partial charge on any atom is 0.234 e. The summed E-state index contributed by atoms with van der Waals surface area (Å²) < 4.78 is 15.2. The van der Waals surface area contributed by atoms with Gasteiger partial charge in [0.15, 0.2) is 11.0 Å². The molecule has 0 radical (unpaired) electrons. The first-order valence-corrected chi connectivity index (χ1v) is 11.9. The Kier molecular flexibility index (Phi) is 7.59. The van der Waals surface area contributed by atoms with Gasteiger partial charge in [0.1, 0.15) is 5.82 Å². The molecular weight excluding hydrogens is 449 g/mol. The molecule has 0 aliphatic carbocycles. The fourth-order valence-corrected chi connectivity index (χ4v) is 4.19. The highest BCUT2D eigenvalue weighted by Crippen LogP contribution is 2.22. The molecule has 34 heavy (non-hydrogen) atoms. The van der Waals surface area contributed by atoms with Crippen molar-refractivity contribution in [2.75, 3.05) is 16.4 Å². The summed E-state index contributed by atoms with van der Waals surface area (Å²) in [5.74, 6) is 0.561. The number of amides is 1. The third kappa shape index (κ3) is 6.02. The number of thioether (sulfide) groups is 1. The van der Waals surface area contributed by atoms with Gasteiger partial charge in [0, 0.05) is 11.4 Å². The van der Waals surface area contributed by atoms with Gasteiger partial charge in [-0.2, -0.15) is 0 Å². The Hall–Kier alpha value is -3.65. The predicted octanol–water partition coefficient (Wildman–Crippen LogP) is 5.43. The lowest BCUT2D eigenvalue weighted by Gasteiger charge is -2.12. The standard InChI is InChI=1S/C26H26FN5OS/c1-18-7-6-10-23(19(18)2)29-25(33)17-34-26-31-30-24(15-28-22-13-11-21(27)12-14-22)32(26)16-20-8-4-3-5-9-20/h3-14,28H,15-17H2,1-2H3,(H,29,33). The SMILES string of the molecule is Cc1cccc(NC(=O)CSc2nnc(CNc3ccc(F)cc3)n2Cc2ccccc2)c1C. The molecule has 2 N–H and O–H groups in total. The number of hydrogen-bond donors (Lipinski definition) is 2. The van der Waals surface area contributed by atoms with Gasteiger partial charge in [-0.1, -0.05) is 54.2 Å². The van der Waals surface area contributed by atoms with E-state index in [0.29, 0.717) is 18.2 Å². The molecule has 0 fully saturated rings. The molecule has 4 aromatic rings. The van der Waals surface area contributed by atoms with E-state index in [1.165, 1.54) is 23.9 Å². The Morgan fingerprint density at radius 3 is 2.50 bits per heavy atom. The number of halogens is 1. The van der Waals surface area contributed by atoms with E-state index in [1.54, 1.807) is 12.1 Å². The van der Waals surface area contributed by atoms with E-state index in [9.17, 15) is 9.18 Å². The van der Waals surface area contributed by atoms with Crippen molar-refractivity contribution in [3.05, 3.63) is 101 Å². The highest BCUT2D eigenvalue weighted by molar-refractivity contribution is 7.99. The molecular formula is C26H26FN5OS. The van der Waals surface area contributed by atoms with E-state index in [2.05, 4.69) is 20.8 Å². The van der Waals surface area contributed by atoms with E-state index in [4.69, 9.17) is 0 Å². The van der Waals surface area contributed by atoms with Crippen LogP contribution in [0.1, 0.15) is 22.5 Å². The molecule has 0 bridgehead atoms. The number of carbonyl (C=O) groups excluding carboxylic acids is 1. The molecule has 0 saturated carbocycles. The molecule has 1 heterocycles. The van der Waals surface area contributed by atoms with E-state index in [-0.39, 0.29) is 17.5 Å². The Morgan fingerprint density at radius 2 is 1.74 bits per heavy atom. The molecule has 174 valence electrons. The lowest BCUT2D eigenvalue weighted by atomic mass is 10.1. The lowest BCUT2D eigenvalue weighted by molar-refractivity contribution is -0.113. The van der Waals surface area contributed by atoms with Crippen molar-refractivity contribution >= 4 is 29.0 Å². The van der Waals surface area contributed by atoms with Gasteiger partial charge in [0.2, 0.25) is 5.91 Å². The fourth-order valence-electron chi connectivity index (χ4n) is 3.43. The molecule has 1 aromatic heterocycles. The van der Waals surface area contributed by atoms with Crippen molar-refractivity contribution in [3.8, 4) is 0 Å². The van der Waals surface area contributed by atoms with Crippen molar-refractivity contribution in [2.45, 2.75) is 32.1 Å². The number of nitrogens with one attached hydrogen (secondary N) is 2. The number of carbonyl (C=O) groups is 1. The summed E-state index contributed by atoms with van der Waals surface area (Å²) in [5, 5.41) is 15.6. The van der Waals surface area contributed by atoms with Crippen LogP contribution in [-0.2, 0) is 17.9 Å². The maximum atomic E-state index is 13.2. The summed E-state index contributed by atoms with van der Waals surface area (Å²) in [7, 11) is 0. The van der Waals surface area contributed by atoms with Gasteiger partial charge in [-0.3, -0.25) is 4.79 Å². The minimum absolute atomic E-state index is 0.0982. The molecule has 0 unspecified atom stereocenters. The molecule has 0 spiro atoms. The average Bonchev–Trinajstić information content (AvgIpc) is 3.22. The number of rotatable bonds is 9.